The molecule has 0 unspecified atom stereocenters. The molecule has 2 aliphatic heterocycles. The van der Waals surface area contributed by atoms with Crippen LogP contribution >= 0.6 is 0 Å². The number of aromatic nitrogens is 1. The van der Waals surface area contributed by atoms with E-state index in [9.17, 15) is 9.59 Å². The number of nitrogens with zero attached hydrogens (tertiary/aromatic N) is 3. The van der Waals surface area contributed by atoms with Crippen molar-refractivity contribution in [2.24, 2.45) is 5.41 Å². The Morgan fingerprint density at radius 1 is 1.32 bits per heavy atom. The van der Waals surface area contributed by atoms with Crippen LogP contribution in [-0.4, -0.2) is 53.5 Å². The normalized spacial score (nSPS) is 26.0. The summed E-state index contributed by atoms with van der Waals surface area (Å²) in [5.74, 6) is 0.135. The highest BCUT2D eigenvalue weighted by Gasteiger charge is 2.57. The van der Waals surface area contributed by atoms with Crippen molar-refractivity contribution in [2.45, 2.75) is 19.3 Å². The van der Waals surface area contributed by atoms with E-state index in [1.807, 2.05) is 25.2 Å². The van der Waals surface area contributed by atoms with Crippen molar-refractivity contribution < 1.29 is 14.1 Å². The molecular formula is C19H21N3O3. The van der Waals surface area contributed by atoms with E-state index in [-0.39, 0.29) is 17.7 Å². The first-order valence-electron chi connectivity index (χ1n) is 8.54. The highest BCUT2D eigenvalue weighted by Crippen LogP contribution is 2.49. The third-order valence-corrected chi connectivity index (χ3v) is 5.67. The van der Waals surface area contributed by atoms with Gasteiger partial charge in [-0.3, -0.25) is 9.59 Å². The Bertz CT molecular complexity index is 816. The van der Waals surface area contributed by atoms with Crippen LogP contribution in [0.2, 0.25) is 0 Å². The summed E-state index contributed by atoms with van der Waals surface area (Å²) in [7, 11) is 1.85. The van der Waals surface area contributed by atoms with E-state index in [1.165, 1.54) is 6.26 Å². The van der Waals surface area contributed by atoms with Crippen LogP contribution in [0.1, 0.15) is 34.0 Å². The first-order chi connectivity index (χ1) is 12.0. The highest BCUT2D eigenvalue weighted by atomic mass is 16.5. The zero-order valence-electron chi connectivity index (χ0n) is 14.4. The summed E-state index contributed by atoms with van der Waals surface area (Å²) in [6.07, 6.45) is 2.08. The van der Waals surface area contributed by atoms with E-state index in [0.29, 0.717) is 37.3 Å². The monoisotopic (exact) mass is 339 g/mol. The summed E-state index contributed by atoms with van der Waals surface area (Å²) < 4.78 is 4.90. The van der Waals surface area contributed by atoms with Crippen LogP contribution in [0.15, 0.2) is 41.1 Å². The number of likely N-dealkylation sites (tertiary alicyclic amines) is 2. The first kappa shape index (κ1) is 15.9. The number of rotatable bonds is 2. The molecule has 4 rings (SSSR count). The van der Waals surface area contributed by atoms with Gasteiger partial charge in [-0.1, -0.05) is 35.5 Å². The summed E-state index contributed by atoms with van der Waals surface area (Å²) in [5, 5.41) is 3.79. The van der Waals surface area contributed by atoms with Crippen molar-refractivity contribution in [1.82, 2.24) is 15.0 Å². The first-order valence-corrected chi connectivity index (χ1v) is 8.54. The second-order valence-electron chi connectivity index (χ2n) is 7.10. The summed E-state index contributed by atoms with van der Waals surface area (Å²) in [4.78, 5) is 29.4. The van der Waals surface area contributed by atoms with Crippen LogP contribution < -0.4 is 0 Å². The lowest BCUT2D eigenvalue weighted by atomic mass is 9.73. The lowest BCUT2D eigenvalue weighted by Gasteiger charge is -2.28. The number of benzene rings is 1. The van der Waals surface area contributed by atoms with Crippen molar-refractivity contribution in [3.8, 4) is 0 Å². The lowest BCUT2D eigenvalue weighted by molar-refractivity contribution is -0.134. The molecule has 1 aromatic carbocycles. The van der Waals surface area contributed by atoms with E-state index in [0.717, 1.165) is 5.56 Å². The molecule has 2 aliphatic rings. The predicted molar refractivity (Wildman–Crippen MR) is 91.0 cm³/mol. The Morgan fingerprint density at radius 3 is 2.76 bits per heavy atom. The van der Waals surface area contributed by atoms with Gasteiger partial charge in [-0.2, -0.15) is 0 Å². The molecule has 1 aromatic heterocycles. The second kappa shape index (κ2) is 5.72. The standard InChI is InChI=1S/C19H21N3O3/c1-13-15(11-25-20-13)17(23)22-9-8-19(12-22)16(10-21(2)18(19)24)14-6-4-3-5-7-14/h3-7,11,16H,8-10,12H2,1-2H3/t16-,19-/m1/s1. The zero-order chi connectivity index (χ0) is 17.6. The van der Waals surface area contributed by atoms with E-state index >= 15 is 0 Å². The van der Waals surface area contributed by atoms with Gasteiger partial charge in [-0.05, 0) is 18.9 Å². The maximum Gasteiger partial charge on any atom is 0.259 e. The molecule has 0 saturated carbocycles. The van der Waals surface area contributed by atoms with Crippen LogP contribution in [0.3, 0.4) is 0 Å². The smallest absolute Gasteiger partial charge is 0.259 e. The van der Waals surface area contributed by atoms with Crippen molar-refractivity contribution in [3.63, 3.8) is 0 Å². The average molecular weight is 339 g/mol. The fourth-order valence-corrected chi connectivity index (χ4v) is 4.30. The average Bonchev–Trinajstić information content (AvgIpc) is 3.31. The Balaban J connectivity index is 1.65. The van der Waals surface area contributed by atoms with Gasteiger partial charge in [0.1, 0.15) is 11.8 Å². The van der Waals surface area contributed by atoms with Crippen molar-refractivity contribution in [2.75, 3.05) is 26.7 Å². The lowest BCUT2D eigenvalue weighted by Crippen LogP contribution is -2.39. The van der Waals surface area contributed by atoms with Gasteiger partial charge in [0.25, 0.3) is 5.91 Å². The minimum absolute atomic E-state index is 0.104. The van der Waals surface area contributed by atoms with Gasteiger partial charge in [-0.25, -0.2) is 0 Å². The van der Waals surface area contributed by atoms with Crippen molar-refractivity contribution in [3.05, 3.63) is 53.4 Å². The van der Waals surface area contributed by atoms with Crippen LogP contribution in [0.5, 0.6) is 0 Å². The third-order valence-electron chi connectivity index (χ3n) is 5.67. The molecule has 0 bridgehead atoms. The molecule has 6 heteroatoms. The number of hydrogen-bond acceptors (Lipinski definition) is 4. The molecule has 6 nitrogen and oxygen atoms in total. The van der Waals surface area contributed by atoms with Gasteiger partial charge >= 0.3 is 0 Å². The van der Waals surface area contributed by atoms with E-state index < -0.39 is 5.41 Å². The van der Waals surface area contributed by atoms with Gasteiger partial charge in [0.2, 0.25) is 5.91 Å². The fourth-order valence-electron chi connectivity index (χ4n) is 4.30. The second-order valence-corrected chi connectivity index (χ2v) is 7.10. The predicted octanol–water partition coefficient (Wildman–Crippen LogP) is 2.07. The molecule has 1 spiro atoms. The van der Waals surface area contributed by atoms with E-state index in [1.54, 1.807) is 16.7 Å². The topological polar surface area (TPSA) is 66.7 Å². The molecule has 130 valence electrons. The molecule has 2 saturated heterocycles. The largest absolute Gasteiger partial charge is 0.364 e. The minimum Gasteiger partial charge on any atom is -0.364 e. The molecule has 25 heavy (non-hydrogen) atoms. The Labute approximate surface area is 146 Å². The van der Waals surface area contributed by atoms with E-state index in [4.69, 9.17) is 4.52 Å². The van der Waals surface area contributed by atoms with Crippen LogP contribution in [0.4, 0.5) is 0 Å². The third kappa shape index (κ3) is 2.35. The van der Waals surface area contributed by atoms with Gasteiger partial charge < -0.3 is 14.3 Å². The summed E-state index contributed by atoms with van der Waals surface area (Å²) in [5.41, 5.74) is 1.69. The maximum absolute atomic E-state index is 13.0. The SMILES string of the molecule is Cc1nocc1C(=O)N1CC[C@]2(C1)C(=O)N(C)C[C@@H]2c1ccccc1. The van der Waals surface area contributed by atoms with Gasteiger partial charge in [0.05, 0.1) is 11.1 Å². The Hall–Kier alpha value is -2.63. The number of amides is 2. The fraction of sp³-hybridized carbons (Fsp3) is 0.421. The summed E-state index contributed by atoms with van der Waals surface area (Å²) in [6.45, 7) is 3.46. The number of hydrogen-bond donors (Lipinski definition) is 0. The van der Waals surface area contributed by atoms with E-state index in [2.05, 4.69) is 17.3 Å². The molecule has 2 fully saturated rings. The zero-order valence-corrected chi connectivity index (χ0v) is 14.4. The Morgan fingerprint density at radius 2 is 2.08 bits per heavy atom. The molecule has 2 atom stereocenters. The Kier molecular flexibility index (Phi) is 3.63. The van der Waals surface area contributed by atoms with Crippen LogP contribution in [0.25, 0.3) is 0 Å². The maximum atomic E-state index is 13.0. The molecule has 2 aromatic rings. The molecule has 0 N–H and O–H groups in total. The van der Waals surface area contributed by atoms with Crippen LogP contribution in [-0.2, 0) is 4.79 Å². The molecule has 0 aliphatic carbocycles. The number of aryl methyl sites for hydroxylation is 1. The minimum atomic E-state index is -0.531. The summed E-state index contributed by atoms with van der Waals surface area (Å²) in [6, 6.07) is 10.1. The number of likely N-dealkylation sites (N-methyl/N-ethyl adjacent to an activating group) is 1. The highest BCUT2D eigenvalue weighted by molar-refractivity contribution is 5.96. The van der Waals surface area contributed by atoms with Gasteiger partial charge in [0.15, 0.2) is 0 Å². The molecular weight excluding hydrogens is 318 g/mol. The number of carbonyl (C=O) groups is 2. The van der Waals surface area contributed by atoms with Crippen molar-refractivity contribution >= 4 is 11.8 Å². The number of carbonyl (C=O) groups excluding carboxylic acids is 2. The van der Waals surface area contributed by atoms with Gasteiger partial charge in [-0.15, -0.1) is 0 Å². The summed E-state index contributed by atoms with van der Waals surface area (Å²) >= 11 is 0. The molecule has 2 amide bonds. The molecule has 3 heterocycles. The molecule has 0 radical (unpaired) electrons. The van der Waals surface area contributed by atoms with Crippen molar-refractivity contribution in [1.29, 1.82) is 0 Å². The van der Waals surface area contributed by atoms with Crippen LogP contribution in [0, 0.1) is 12.3 Å². The van der Waals surface area contributed by atoms with Gasteiger partial charge in [0, 0.05) is 32.6 Å². The quantitative estimate of drug-likeness (QED) is 0.840.